The van der Waals surface area contributed by atoms with Gasteiger partial charge in [0.15, 0.2) is 0 Å². The predicted octanol–water partition coefficient (Wildman–Crippen LogP) is 2.78. The summed E-state index contributed by atoms with van der Waals surface area (Å²) >= 11 is 0. The van der Waals surface area contributed by atoms with Crippen molar-refractivity contribution in [1.82, 2.24) is 4.90 Å². The molecule has 0 spiro atoms. The van der Waals surface area contributed by atoms with Crippen LogP contribution in [-0.4, -0.2) is 44.7 Å². The van der Waals surface area contributed by atoms with Crippen LogP contribution in [0.4, 0.5) is 0 Å². The Morgan fingerprint density at radius 3 is 2.64 bits per heavy atom. The summed E-state index contributed by atoms with van der Waals surface area (Å²) in [5.74, 6) is 0.0579. The molecule has 1 heterocycles. The number of nitrogens with zero attached hydrogens (tertiary/aromatic N) is 1. The highest BCUT2D eigenvalue weighted by Gasteiger charge is 2.47. The maximum absolute atomic E-state index is 12.9. The smallest absolute Gasteiger partial charge is 0.264 e. The molecule has 1 aliphatic rings. The Morgan fingerprint density at radius 1 is 1.36 bits per heavy atom. The van der Waals surface area contributed by atoms with E-state index in [0.717, 1.165) is 19.1 Å². The van der Waals surface area contributed by atoms with Crippen molar-refractivity contribution in [3.05, 3.63) is 48.6 Å². The minimum Gasteiger partial charge on any atom is -0.337 e. The van der Waals surface area contributed by atoms with Gasteiger partial charge < -0.3 is 4.90 Å². The molecule has 1 fully saturated rings. The Bertz CT molecular complexity index is 701. The van der Waals surface area contributed by atoms with Gasteiger partial charge in [-0.3, -0.25) is 8.98 Å². The quantitative estimate of drug-likeness (QED) is 0.499. The molecular formula is C19H27NO4S. The maximum atomic E-state index is 12.9. The summed E-state index contributed by atoms with van der Waals surface area (Å²) < 4.78 is 27.6. The van der Waals surface area contributed by atoms with Crippen LogP contribution in [0.5, 0.6) is 0 Å². The Labute approximate surface area is 150 Å². The van der Waals surface area contributed by atoms with Gasteiger partial charge in [0.2, 0.25) is 5.91 Å². The van der Waals surface area contributed by atoms with Crippen LogP contribution in [0.1, 0.15) is 31.7 Å². The van der Waals surface area contributed by atoms with Crippen LogP contribution >= 0.6 is 0 Å². The van der Waals surface area contributed by atoms with Crippen LogP contribution in [0.15, 0.2) is 43.0 Å². The van der Waals surface area contributed by atoms with E-state index in [2.05, 4.69) is 18.7 Å². The fraction of sp³-hybridized carbons (Fsp3) is 0.526. The maximum Gasteiger partial charge on any atom is 0.264 e. The molecule has 5 nitrogen and oxygen atoms in total. The molecule has 138 valence electrons. The van der Waals surface area contributed by atoms with Gasteiger partial charge in [0.05, 0.1) is 24.3 Å². The molecule has 2 atom stereocenters. The molecule has 1 aliphatic heterocycles. The molecule has 0 saturated carbocycles. The highest BCUT2D eigenvalue weighted by atomic mass is 32.2. The Morgan fingerprint density at radius 2 is 2.04 bits per heavy atom. The standard InChI is InChI=1S/C19H27NO4S/c1-4-12-19(2)14-17(15-24-25(3,22)23)20(18(19)21)13-8-11-16-9-6-5-7-10-16/h4-7,9-10,17H,1,8,11-15H2,2-3H3. The van der Waals surface area contributed by atoms with Crippen molar-refractivity contribution in [2.45, 2.75) is 38.6 Å². The summed E-state index contributed by atoms with van der Waals surface area (Å²) in [6.07, 6.45) is 5.65. The van der Waals surface area contributed by atoms with Crippen molar-refractivity contribution in [3.8, 4) is 0 Å². The summed E-state index contributed by atoms with van der Waals surface area (Å²) in [4.78, 5) is 14.7. The molecular weight excluding hydrogens is 338 g/mol. The van der Waals surface area contributed by atoms with E-state index >= 15 is 0 Å². The average molecular weight is 365 g/mol. The summed E-state index contributed by atoms with van der Waals surface area (Å²) in [6, 6.07) is 9.89. The highest BCUT2D eigenvalue weighted by Crippen LogP contribution is 2.39. The summed E-state index contributed by atoms with van der Waals surface area (Å²) in [7, 11) is -3.52. The fourth-order valence-electron chi connectivity index (χ4n) is 3.45. The van der Waals surface area contributed by atoms with Gasteiger partial charge in [-0.25, -0.2) is 0 Å². The van der Waals surface area contributed by atoms with Crippen molar-refractivity contribution in [3.63, 3.8) is 0 Å². The van der Waals surface area contributed by atoms with Crippen molar-refractivity contribution in [2.75, 3.05) is 19.4 Å². The SMILES string of the molecule is C=CCC1(C)CC(COS(C)(=O)=O)N(CCCc2ccccc2)C1=O. The molecule has 1 saturated heterocycles. The number of rotatable bonds is 9. The van der Waals surface area contributed by atoms with E-state index in [4.69, 9.17) is 4.18 Å². The molecule has 1 aromatic rings. The predicted molar refractivity (Wildman–Crippen MR) is 98.6 cm³/mol. The summed E-state index contributed by atoms with van der Waals surface area (Å²) in [6.45, 7) is 6.27. The summed E-state index contributed by atoms with van der Waals surface area (Å²) in [5.41, 5.74) is 0.701. The number of aryl methyl sites for hydroxylation is 1. The molecule has 0 aliphatic carbocycles. The lowest BCUT2D eigenvalue weighted by Crippen LogP contribution is -2.39. The second-order valence-electron chi connectivity index (χ2n) is 6.99. The molecule has 0 bridgehead atoms. The van der Waals surface area contributed by atoms with Crippen LogP contribution in [0.25, 0.3) is 0 Å². The van der Waals surface area contributed by atoms with Gasteiger partial charge in [-0.05, 0) is 31.2 Å². The Balaban J connectivity index is 2.03. The van der Waals surface area contributed by atoms with E-state index in [9.17, 15) is 13.2 Å². The van der Waals surface area contributed by atoms with Crippen LogP contribution in [0.2, 0.25) is 0 Å². The van der Waals surface area contributed by atoms with Gasteiger partial charge in [-0.15, -0.1) is 6.58 Å². The van der Waals surface area contributed by atoms with Gasteiger partial charge in [-0.2, -0.15) is 8.42 Å². The molecule has 2 unspecified atom stereocenters. The zero-order valence-electron chi connectivity index (χ0n) is 15.0. The zero-order chi connectivity index (χ0) is 18.5. The van der Waals surface area contributed by atoms with Crippen LogP contribution < -0.4 is 0 Å². The third-order valence-electron chi connectivity index (χ3n) is 4.68. The van der Waals surface area contributed by atoms with E-state index in [-0.39, 0.29) is 18.6 Å². The van der Waals surface area contributed by atoms with Gasteiger partial charge in [0.1, 0.15) is 0 Å². The first kappa shape index (κ1) is 19.7. The Hall–Kier alpha value is -1.66. The minimum absolute atomic E-state index is 0.0165. The Kier molecular flexibility index (Phi) is 6.41. The molecule has 0 aromatic heterocycles. The number of allylic oxidation sites excluding steroid dienone is 1. The van der Waals surface area contributed by atoms with Gasteiger partial charge >= 0.3 is 0 Å². The second kappa shape index (κ2) is 8.15. The zero-order valence-corrected chi connectivity index (χ0v) is 15.8. The lowest BCUT2D eigenvalue weighted by molar-refractivity contribution is -0.136. The lowest BCUT2D eigenvalue weighted by Gasteiger charge is -2.25. The molecule has 0 N–H and O–H groups in total. The largest absolute Gasteiger partial charge is 0.337 e. The third-order valence-corrected chi connectivity index (χ3v) is 5.24. The number of carbonyl (C=O) groups excluding carboxylic acids is 1. The highest BCUT2D eigenvalue weighted by molar-refractivity contribution is 7.85. The number of benzene rings is 1. The topological polar surface area (TPSA) is 63.7 Å². The van der Waals surface area contributed by atoms with E-state index in [1.165, 1.54) is 5.56 Å². The molecule has 1 amide bonds. The van der Waals surface area contributed by atoms with Crippen LogP contribution in [-0.2, 0) is 25.5 Å². The van der Waals surface area contributed by atoms with Crippen molar-refractivity contribution in [2.24, 2.45) is 5.41 Å². The van der Waals surface area contributed by atoms with Crippen molar-refractivity contribution < 1.29 is 17.4 Å². The third kappa shape index (κ3) is 5.41. The number of hydrogen-bond acceptors (Lipinski definition) is 4. The van der Waals surface area contributed by atoms with Crippen molar-refractivity contribution in [1.29, 1.82) is 0 Å². The molecule has 0 radical (unpaired) electrons. The normalized spacial score (nSPS) is 23.8. The fourth-order valence-corrected chi connectivity index (χ4v) is 3.86. The average Bonchev–Trinajstić information content (AvgIpc) is 2.78. The molecule has 1 aromatic carbocycles. The van der Waals surface area contributed by atoms with E-state index < -0.39 is 15.5 Å². The van der Waals surface area contributed by atoms with Gasteiger partial charge in [0, 0.05) is 6.54 Å². The number of likely N-dealkylation sites (tertiary alicyclic amines) is 1. The van der Waals surface area contributed by atoms with E-state index in [1.54, 1.807) is 11.0 Å². The molecule has 25 heavy (non-hydrogen) atoms. The van der Waals surface area contributed by atoms with Crippen LogP contribution in [0.3, 0.4) is 0 Å². The monoisotopic (exact) mass is 365 g/mol. The van der Waals surface area contributed by atoms with Crippen molar-refractivity contribution >= 4 is 16.0 Å². The number of carbonyl (C=O) groups is 1. The summed E-state index contributed by atoms with van der Waals surface area (Å²) in [5, 5.41) is 0. The molecule has 2 rings (SSSR count). The van der Waals surface area contributed by atoms with Gasteiger partial charge in [-0.1, -0.05) is 43.3 Å². The van der Waals surface area contributed by atoms with Gasteiger partial charge in [0.25, 0.3) is 10.1 Å². The first-order chi connectivity index (χ1) is 11.7. The lowest BCUT2D eigenvalue weighted by atomic mass is 9.84. The number of hydrogen-bond donors (Lipinski definition) is 0. The molecule has 6 heteroatoms. The minimum atomic E-state index is -3.52. The van der Waals surface area contributed by atoms with E-state index in [0.29, 0.717) is 19.4 Å². The van der Waals surface area contributed by atoms with E-state index in [1.807, 2.05) is 25.1 Å². The first-order valence-corrected chi connectivity index (χ1v) is 10.4. The van der Waals surface area contributed by atoms with Crippen LogP contribution in [0, 0.1) is 5.41 Å². The first-order valence-electron chi connectivity index (χ1n) is 8.55. The second-order valence-corrected chi connectivity index (χ2v) is 8.63. The number of amides is 1.